The van der Waals surface area contributed by atoms with Gasteiger partial charge in [-0.2, -0.15) is 0 Å². The molecule has 2 rings (SSSR count). The van der Waals surface area contributed by atoms with Crippen LogP contribution in [0.4, 0.5) is 0 Å². The van der Waals surface area contributed by atoms with Crippen LogP contribution in [0, 0.1) is 5.41 Å². The normalized spacial score (nSPS) is 21.8. The van der Waals surface area contributed by atoms with E-state index in [2.05, 4.69) is 0 Å². The topological polar surface area (TPSA) is 107 Å². The molecule has 0 aliphatic carbocycles. The quantitative estimate of drug-likeness (QED) is 0.270. The molecule has 0 fully saturated rings. The third-order valence-electron chi connectivity index (χ3n) is 4.59. The van der Waals surface area contributed by atoms with Gasteiger partial charge in [0.15, 0.2) is 13.6 Å². The van der Waals surface area contributed by atoms with E-state index in [1.165, 1.54) is 0 Å². The summed E-state index contributed by atoms with van der Waals surface area (Å²) >= 11 is 0. The molecule has 8 heteroatoms. The van der Waals surface area contributed by atoms with Crippen LogP contribution >= 0.6 is 0 Å². The smallest absolute Gasteiger partial charge is 0.342 e. The summed E-state index contributed by atoms with van der Waals surface area (Å²) in [5.74, 6) is 0.147. The molecule has 32 heavy (non-hydrogen) atoms. The molecule has 1 aliphatic heterocycles. The van der Waals surface area contributed by atoms with Crippen molar-refractivity contribution in [3.05, 3.63) is 47.6 Å². The zero-order chi connectivity index (χ0) is 23.3. The van der Waals surface area contributed by atoms with Gasteiger partial charge in [0, 0.05) is 37.8 Å². The van der Waals surface area contributed by atoms with Crippen molar-refractivity contribution in [1.82, 2.24) is 0 Å². The van der Waals surface area contributed by atoms with E-state index in [1.807, 2.05) is 13.8 Å². The summed E-state index contributed by atoms with van der Waals surface area (Å²) in [6.45, 7) is 6.44. The maximum Gasteiger partial charge on any atom is 0.342 e. The molecule has 2 atom stereocenters. The van der Waals surface area contributed by atoms with Gasteiger partial charge in [0.1, 0.15) is 23.2 Å². The van der Waals surface area contributed by atoms with Gasteiger partial charge in [0.2, 0.25) is 0 Å². The highest BCUT2D eigenvalue weighted by Crippen LogP contribution is 2.31. The van der Waals surface area contributed by atoms with Gasteiger partial charge in [-0.05, 0) is 44.9 Å². The molecule has 0 amide bonds. The van der Waals surface area contributed by atoms with Crippen LogP contribution in [0.1, 0.15) is 49.5 Å². The standard InChI is InChI=1S/C24H33NO7/c1-4-28-15-30-21-13-18-12-19(25)9-7-11-20(26)10-6-8-17(3)32-24(27)23(18)22(14-21)31-16-29-5-2/h6-7,9-10,13-14,17,20,25-26H,4-5,8,11-12,15-16H2,1-3H3/b9-7+,10-6+,25-19?/t17-,20-/m1/s1. The van der Waals surface area contributed by atoms with E-state index in [0.29, 0.717) is 37.4 Å². The number of cyclic esters (lactones) is 1. The Morgan fingerprint density at radius 1 is 1.09 bits per heavy atom. The number of rotatable bonds is 8. The number of allylic oxidation sites excluding steroid dienone is 1. The Labute approximate surface area is 189 Å². The first kappa shape index (κ1) is 25.6. The lowest BCUT2D eigenvalue weighted by Crippen LogP contribution is -2.19. The molecule has 2 N–H and O–H groups in total. The zero-order valence-corrected chi connectivity index (χ0v) is 19.0. The van der Waals surface area contributed by atoms with Gasteiger partial charge in [0.25, 0.3) is 0 Å². The summed E-state index contributed by atoms with van der Waals surface area (Å²) in [5.41, 5.74) is 1.03. The lowest BCUT2D eigenvalue weighted by Gasteiger charge is -2.19. The predicted molar refractivity (Wildman–Crippen MR) is 121 cm³/mol. The summed E-state index contributed by atoms with van der Waals surface area (Å²) in [6.07, 6.45) is 6.74. The molecule has 1 aromatic carbocycles. The molecule has 0 spiro atoms. The molecule has 8 nitrogen and oxygen atoms in total. The molecule has 0 aromatic heterocycles. The second-order valence-corrected chi connectivity index (χ2v) is 7.25. The van der Waals surface area contributed by atoms with Crippen LogP contribution in [0.15, 0.2) is 36.4 Å². The fourth-order valence-corrected chi connectivity index (χ4v) is 3.00. The zero-order valence-electron chi connectivity index (χ0n) is 19.0. The van der Waals surface area contributed by atoms with Crippen LogP contribution in [0.25, 0.3) is 0 Å². The summed E-state index contributed by atoms with van der Waals surface area (Å²) in [4.78, 5) is 13.1. The molecule has 0 radical (unpaired) electrons. The first-order chi connectivity index (χ1) is 15.4. The first-order valence-corrected chi connectivity index (χ1v) is 10.8. The van der Waals surface area contributed by atoms with Crippen LogP contribution in [0.2, 0.25) is 0 Å². The van der Waals surface area contributed by atoms with Gasteiger partial charge in [-0.3, -0.25) is 0 Å². The number of esters is 1. The van der Waals surface area contributed by atoms with Gasteiger partial charge in [-0.1, -0.05) is 18.2 Å². The minimum Gasteiger partial charge on any atom is -0.467 e. The highest BCUT2D eigenvalue weighted by Gasteiger charge is 2.24. The third-order valence-corrected chi connectivity index (χ3v) is 4.59. The van der Waals surface area contributed by atoms with Crippen molar-refractivity contribution >= 4 is 11.7 Å². The fourth-order valence-electron chi connectivity index (χ4n) is 3.00. The van der Waals surface area contributed by atoms with Crippen LogP contribution in [-0.4, -0.2) is 55.8 Å². The maximum absolute atomic E-state index is 13.1. The van der Waals surface area contributed by atoms with E-state index in [-0.39, 0.29) is 37.0 Å². The molecule has 0 saturated carbocycles. The Morgan fingerprint density at radius 2 is 1.81 bits per heavy atom. The molecule has 1 heterocycles. The Bertz CT molecular complexity index is 819. The van der Waals surface area contributed by atoms with Crippen molar-refractivity contribution in [2.24, 2.45) is 0 Å². The molecule has 1 aromatic rings. The number of carbonyl (C=O) groups excluding carboxylic acids is 1. The highest BCUT2D eigenvalue weighted by molar-refractivity contribution is 5.99. The number of hydrogen-bond donors (Lipinski definition) is 2. The summed E-state index contributed by atoms with van der Waals surface area (Å²) in [7, 11) is 0. The van der Waals surface area contributed by atoms with Gasteiger partial charge < -0.3 is 34.2 Å². The summed E-state index contributed by atoms with van der Waals surface area (Å²) in [5, 5.41) is 18.3. The second kappa shape index (κ2) is 13.7. The van der Waals surface area contributed by atoms with E-state index in [9.17, 15) is 9.90 Å². The minimum atomic E-state index is -0.658. The van der Waals surface area contributed by atoms with Crippen LogP contribution in [0.3, 0.4) is 0 Å². The van der Waals surface area contributed by atoms with Crippen molar-refractivity contribution in [3.8, 4) is 11.5 Å². The van der Waals surface area contributed by atoms with Crippen LogP contribution in [-0.2, 0) is 20.6 Å². The van der Waals surface area contributed by atoms with E-state index < -0.39 is 18.2 Å². The van der Waals surface area contributed by atoms with Crippen molar-refractivity contribution in [2.45, 2.75) is 52.2 Å². The van der Waals surface area contributed by atoms with Gasteiger partial charge in [-0.15, -0.1) is 0 Å². The van der Waals surface area contributed by atoms with Crippen molar-refractivity contribution in [3.63, 3.8) is 0 Å². The second-order valence-electron chi connectivity index (χ2n) is 7.25. The summed E-state index contributed by atoms with van der Waals surface area (Å²) in [6, 6.07) is 3.29. The minimum absolute atomic E-state index is 0.0430. The number of hydrogen-bond acceptors (Lipinski definition) is 8. The lowest BCUT2D eigenvalue weighted by atomic mass is 9.99. The molecule has 176 valence electrons. The largest absolute Gasteiger partial charge is 0.467 e. The Morgan fingerprint density at radius 3 is 2.53 bits per heavy atom. The first-order valence-electron chi connectivity index (χ1n) is 10.8. The van der Waals surface area contributed by atoms with Crippen LogP contribution in [0.5, 0.6) is 11.5 Å². The molecule has 0 unspecified atom stereocenters. The number of aliphatic hydroxyl groups is 1. The van der Waals surface area contributed by atoms with Crippen molar-refractivity contribution in [2.75, 3.05) is 26.8 Å². The van der Waals surface area contributed by atoms with Crippen molar-refractivity contribution in [1.29, 1.82) is 5.41 Å². The Balaban J connectivity index is 2.46. The van der Waals surface area contributed by atoms with Crippen LogP contribution < -0.4 is 9.47 Å². The average Bonchev–Trinajstić information content (AvgIpc) is 2.73. The third kappa shape index (κ3) is 8.45. The van der Waals surface area contributed by atoms with Gasteiger partial charge in [-0.25, -0.2) is 4.79 Å². The SMILES string of the molecule is CCOCOc1cc2c(c(OCOCC)c1)C(=O)O[C@H](C)C/C=C/[C@@H](O)C/C=C/C(=N)C2. The number of benzene rings is 1. The fraction of sp³-hybridized carbons (Fsp3) is 0.500. The monoisotopic (exact) mass is 447 g/mol. The Hall–Kier alpha value is -2.68. The van der Waals surface area contributed by atoms with E-state index in [0.717, 1.165) is 0 Å². The number of fused-ring (bicyclic) bond motifs is 1. The molecule has 1 aliphatic rings. The number of carbonyl (C=O) groups is 1. The van der Waals surface area contributed by atoms with Gasteiger partial charge in [0.05, 0.1) is 6.10 Å². The molecular weight excluding hydrogens is 414 g/mol. The molecule has 0 bridgehead atoms. The predicted octanol–water partition coefficient (Wildman–Crippen LogP) is 3.81. The van der Waals surface area contributed by atoms with Crippen molar-refractivity contribution < 1.29 is 33.6 Å². The number of aliphatic hydroxyl groups excluding tert-OH is 1. The average molecular weight is 448 g/mol. The lowest BCUT2D eigenvalue weighted by molar-refractivity contribution is 0.0161. The molecular formula is C24H33NO7. The van der Waals surface area contributed by atoms with E-state index >= 15 is 0 Å². The maximum atomic E-state index is 13.1. The van der Waals surface area contributed by atoms with E-state index in [1.54, 1.807) is 43.4 Å². The van der Waals surface area contributed by atoms with Gasteiger partial charge >= 0.3 is 5.97 Å². The number of nitrogens with one attached hydrogen (secondary N) is 1. The number of ether oxygens (including phenoxy) is 5. The molecule has 0 saturated heterocycles. The highest BCUT2D eigenvalue weighted by atomic mass is 16.7. The Kier molecular flexibility index (Phi) is 10.9. The van der Waals surface area contributed by atoms with E-state index in [4.69, 9.17) is 29.1 Å². The summed E-state index contributed by atoms with van der Waals surface area (Å²) < 4.78 is 27.6.